The first kappa shape index (κ1) is 14.4. The topological polar surface area (TPSA) is 64.9 Å². The maximum absolute atomic E-state index is 4.97. The van der Waals surface area contributed by atoms with Gasteiger partial charge in [-0.15, -0.1) is 16.4 Å². The Morgan fingerprint density at radius 2 is 2.42 bits per heavy atom. The van der Waals surface area contributed by atoms with E-state index in [2.05, 4.69) is 38.4 Å². The molecule has 0 atom stereocenters. The van der Waals surface area contributed by atoms with Crippen LogP contribution >= 0.6 is 23.1 Å². The fraction of sp³-hybridized carbons (Fsp3) is 0.545. The largest absolute Gasteiger partial charge is 0.383 e. The Morgan fingerprint density at radius 1 is 1.47 bits per heavy atom. The van der Waals surface area contributed by atoms with Crippen molar-refractivity contribution in [2.24, 2.45) is 0 Å². The zero-order chi connectivity index (χ0) is 13.3. The van der Waals surface area contributed by atoms with E-state index in [1.54, 1.807) is 30.2 Å². The van der Waals surface area contributed by atoms with Crippen LogP contribution in [0.5, 0.6) is 0 Å². The molecular weight excluding hydrogens is 282 g/mol. The minimum atomic E-state index is 0.718. The van der Waals surface area contributed by atoms with Crippen molar-refractivity contribution in [1.29, 1.82) is 0 Å². The van der Waals surface area contributed by atoms with Crippen LogP contribution in [-0.2, 0) is 17.0 Å². The Kier molecular flexibility index (Phi) is 6.28. The molecule has 0 spiro atoms. The first-order valence-corrected chi connectivity index (χ1v) is 7.87. The average Bonchev–Trinajstić information content (AvgIpc) is 3.07. The quantitative estimate of drug-likeness (QED) is 0.555. The lowest BCUT2D eigenvalue weighted by atomic mass is 10.5. The van der Waals surface area contributed by atoms with Crippen molar-refractivity contribution in [2.45, 2.75) is 17.5 Å². The van der Waals surface area contributed by atoms with Gasteiger partial charge in [-0.05, 0) is 21.9 Å². The van der Waals surface area contributed by atoms with Gasteiger partial charge in [0, 0.05) is 30.8 Å². The summed E-state index contributed by atoms with van der Waals surface area (Å²) in [4.78, 5) is 1.33. The highest BCUT2D eigenvalue weighted by molar-refractivity contribution is 7.98. The van der Waals surface area contributed by atoms with E-state index < -0.39 is 0 Å². The molecule has 0 unspecified atom stereocenters. The molecule has 0 amide bonds. The smallest absolute Gasteiger partial charge is 0.209 e. The summed E-state index contributed by atoms with van der Waals surface area (Å²) in [6, 6.07) is 4.18. The molecule has 6 nitrogen and oxygen atoms in total. The molecule has 0 bridgehead atoms. The number of rotatable bonds is 9. The highest BCUT2D eigenvalue weighted by Gasteiger charge is 2.06. The molecule has 0 saturated carbocycles. The molecule has 8 heteroatoms. The minimum absolute atomic E-state index is 0.718. The SMILES string of the molecule is COCCNCCn1nnnc1SCc1cccs1. The molecule has 0 aromatic carbocycles. The van der Waals surface area contributed by atoms with Crippen LogP contribution in [-0.4, -0.2) is 47.0 Å². The Hall–Kier alpha value is -0.960. The van der Waals surface area contributed by atoms with Gasteiger partial charge >= 0.3 is 0 Å². The normalized spacial score (nSPS) is 11.0. The van der Waals surface area contributed by atoms with Gasteiger partial charge in [-0.1, -0.05) is 17.8 Å². The van der Waals surface area contributed by atoms with Crippen molar-refractivity contribution in [1.82, 2.24) is 25.5 Å². The van der Waals surface area contributed by atoms with Crippen molar-refractivity contribution < 1.29 is 4.74 Å². The standard InChI is InChI=1S/C11H17N5OS2/c1-17-7-5-12-4-6-16-11(13-14-15-16)19-9-10-3-2-8-18-10/h2-3,8,12H,4-7,9H2,1H3. The summed E-state index contributed by atoms with van der Waals surface area (Å²) in [7, 11) is 1.70. The molecule has 0 aliphatic rings. The summed E-state index contributed by atoms with van der Waals surface area (Å²) in [5, 5.41) is 18.0. The van der Waals surface area contributed by atoms with Crippen LogP contribution in [0.4, 0.5) is 0 Å². The number of hydrogen-bond donors (Lipinski definition) is 1. The summed E-state index contributed by atoms with van der Waals surface area (Å²) in [5.74, 6) is 0.912. The molecule has 2 aromatic heterocycles. The number of methoxy groups -OCH3 is 1. The second-order valence-corrected chi connectivity index (χ2v) is 5.77. The Bertz CT molecular complexity index is 459. The molecule has 0 radical (unpaired) electrons. The maximum Gasteiger partial charge on any atom is 0.209 e. The van der Waals surface area contributed by atoms with E-state index >= 15 is 0 Å². The van der Waals surface area contributed by atoms with Crippen LogP contribution in [0.3, 0.4) is 0 Å². The van der Waals surface area contributed by atoms with Crippen LogP contribution in [0.2, 0.25) is 0 Å². The molecular formula is C11H17N5OS2. The Labute approximate surface area is 120 Å². The van der Waals surface area contributed by atoms with Gasteiger partial charge in [0.15, 0.2) is 0 Å². The molecule has 2 rings (SSSR count). The van der Waals surface area contributed by atoms with Crippen LogP contribution in [0.1, 0.15) is 4.88 Å². The fourth-order valence-electron chi connectivity index (χ4n) is 1.45. The first-order chi connectivity index (χ1) is 9.40. The monoisotopic (exact) mass is 299 g/mol. The minimum Gasteiger partial charge on any atom is -0.383 e. The van der Waals surface area contributed by atoms with Crippen molar-refractivity contribution in [2.75, 3.05) is 26.8 Å². The Balaban J connectivity index is 1.74. The molecule has 0 fully saturated rings. The van der Waals surface area contributed by atoms with Gasteiger partial charge in [-0.25, -0.2) is 4.68 Å². The van der Waals surface area contributed by atoms with E-state index in [-0.39, 0.29) is 0 Å². The van der Waals surface area contributed by atoms with E-state index in [1.165, 1.54) is 4.88 Å². The maximum atomic E-state index is 4.97. The summed E-state index contributed by atoms with van der Waals surface area (Å²) < 4.78 is 6.80. The zero-order valence-electron chi connectivity index (χ0n) is 10.8. The number of nitrogens with zero attached hydrogens (tertiary/aromatic N) is 4. The third-order valence-electron chi connectivity index (χ3n) is 2.41. The van der Waals surface area contributed by atoms with Gasteiger partial charge in [-0.2, -0.15) is 0 Å². The number of thioether (sulfide) groups is 1. The Morgan fingerprint density at radius 3 is 3.21 bits per heavy atom. The zero-order valence-corrected chi connectivity index (χ0v) is 12.4. The number of ether oxygens (including phenoxy) is 1. The fourth-order valence-corrected chi connectivity index (χ4v) is 3.13. The van der Waals surface area contributed by atoms with Crippen LogP contribution in [0.15, 0.2) is 22.7 Å². The van der Waals surface area contributed by atoms with Crippen molar-refractivity contribution >= 4 is 23.1 Å². The van der Waals surface area contributed by atoms with E-state index in [0.717, 1.165) is 37.2 Å². The number of thiophene rings is 1. The van der Waals surface area contributed by atoms with Crippen molar-refractivity contribution in [3.63, 3.8) is 0 Å². The molecule has 2 aromatic rings. The lowest BCUT2D eigenvalue weighted by Gasteiger charge is -2.05. The van der Waals surface area contributed by atoms with E-state index in [1.807, 2.05) is 4.68 Å². The molecule has 1 N–H and O–H groups in total. The second kappa shape index (κ2) is 8.26. The number of hydrogen-bond acceptors (Lipinski definition) is 7. The molecule has 0 aliphatic heterocycles. The summed E-state index contributed by atoms with van der Waals surface area (Å²) in [5.41, 5.74) is 0. The lowest BCUT2D eigenvalue weighted by Crippen LogP contribution is -2.24. The van der Waals surface area contributed by atoms with E-state index in [4.69, 9.17) is 4.74 Å². The van der Waals surface area contributed by atoms with Gasteiger partial charge in [0.2, 0.25) is 5.16 Å². The summed E-state index contributed by atoms with van der Waals surface area (Å²) >= 11 is 3.42. The van der Waals surface area contributed by atoms with Crippen LogP contribution in [0.25, 0.3) is 0 Å². The molecule has 19 heavy (non-hydrogen) atoms. The highest BCUT2D eigenvalue weighted by atomic mass is 32.2. The number of nitrogens with one attached hydrogen (secondary N) is 1. The van der Waals surface area contributed by atoms with Crippen LogP contribution < -0.4 is 5.32 Å². The molecule has 104 valence electrons. The first-order valence-electron chi connectivity index (χ1n) is 6.01. The van der Waals surface area contributed by atoms with Crippen molar-refractivity contribution in [3.05, 3.63) is 22.4 Å². The second-order valence-electron chi connectivity index (χ2n) is 3.80. The van der Waals surface area contributed by atoms with Crippen molar-refractivity contribution in [3.8, 4) is 0 Å². The van der Waals surface area contributed by atoms with Gasteiger partial charge in [0.05, 0.1) is 13.2 Å². The third-order valence-corrected chi connectivity index (χ3v) is 4.47. The molecule has 0 saturated heterocycles. The lowest BCUT2D eigenvalue weighted by molar-refractivity contribution is 0.199. The van der Waals surface area contributed by atoms with Crippen LogP contribution in [0, 0.1) is 0 Å². The highest BCUT2D eigenvalue weighted by Crippen LogP contribution is 2.22. The number of aromatic nitrogens is 4. The van der Waals surface area contributed by atoms with Gasteiger partial charge in [-0.3, -0.25) is 0 Å². The third kappa shape index (κ3) is 4.90. The van der Waals surface area contributed by atoms with Gasteiger partial charge < -0.3 is 10.1 Å². The predicted molar refractivity (Wildman–Crippen MR) is 76.4 cm³/mol. The number of tetrazole rings is 1. The average molecular weight is 299 g/mol. The molecule has 2 heterocycles. The van der Waals surface area contributed by atoms with Gasteiger partial charge in [0.1, 0.15) is 0 Å². The molecule has 0 aliphatic carbocycles. The predicted octanol–water partition coefficient (Wildman–Crippen LogP) is 1.26. The van der Waals surface area contributed by atoms with Gasteiger partial charge in [0.25, 0.3) is 0 Å². The summed E-state index contributed by atoms with van der Waals surface area (Å²) in [6.45, 7) is 3.16. The van der Waals surface area contributed by atoms with E-state index in [0.29, 0.717) is 0 Å². The van der Waals surface area contributed by atoms with E-state index in [9.17, 15) is 0 Å². The summed E-state index contributed by atoms with van der Waals surface area (Å²) in [6.07, 6.45) is 0.